The Bertz CT molecular complexity index is 618. The van der Waals surface area contributed by atoms with Crippen molar-refractivity contribution in [1.29, 1.82) is 0 Å². The van der Waals surface area contributed by atoms with Crippen LogP contribution in [-0.4, -0.2) is 67.5 Å². The standard InChI is InChI=1S/C20H31N3O3/c1-4-21-19(24)15-22-10-6-11-23(13-12-22)20(25)9-14-26-18-8-5-7-16(2)17(18)3/h5,7-8H,4,6,9-15H2,1-3H3,(H,21,24). The number of likely N-dealkylation sites (N-methyl/N-ethyl adjacent to an activating group) is 1. The van der Waals surface area contributed by atoms with Crippen molar-refractivity contribution in [2.45, 2.75) is 33.6 Å². The van der Waals surface area contributed by atoms with Crippen molar-refractivity contribution in [2.24, 2.45) is 0 Å². The molecular weight excluding hydrogens is 330 g/mol. The first-order valence-corrected chi connectivity index (χ1v) is 9.47. The van der Waals surface area contributed by atoms with Gasteiger partial charge in [0.15, 0.2) is 0 Å². The van der Waals surface area contributed by atoms with Gasteiger partial charge in [-0.2, -0.15) is 0 Å². The maximum atomic E-state index is 12.5. The monoisotopic (exact) mass is 361 g/mol. The van der Waals surface area contributed by atoms with Crippen LogP contribution in [0.2, 0.25) is 0 Å². The third-order valence-corrected chi connectivity index (χ3v) is 4.81. The summed E-state index contributed by atoms with van der Waals surface area (Å²) in [5.41, 5.74) is 2.31. The van der Waals surface area contributed by atoms with E-state index in [0.29, 0.717) is 32.7 Å². The van der Waals surface area contributed by atoms with Crippen molar-refractivity contribution in [3.8, 4) is 5.75 Å². The summed E-state index contributed by atoms with van der Waals surface area (Å²) >= 11 is 0. The molecule has 0 saturated carbocycles. The van der Waals surface area contributed by atoms with E-state index in [-0.39, 0.29) is 11.8 Å². The second kappa shape index (κ2) is 10.2. The summed E-state index contributed by atoms with van der Waals surface area (Å²) < 4.78 is 5.80. The van der Waals surface area contributed by atoms with Gasteiger partial charge in [0.05, 0.1) is 19.6 Å². The summed E-state index contributed by atoms with van der Waals surface area (Å²) in [7, 11) is 0. The van der Waals surface area contributed by atoms with Crippen LogP contribution in [-0.2, 0) is 9.59 Å². The maximum absolute atomic E-state index is 12.5. The molecule has 0 bridgehead atoms. The van der Waals surface area contributed by atoms with Crippen molar-refractivity contribution in [3.05, 3.63) is 29.3 Å². The topological polar surface area (TPSA) is 61.9 Å². The van der Waals surface area contributed by atoms with E-state index >= 15 is 0 Å². The smallest absolute Gasteiger partial charge is 0.234 e. The molecule has 0 radical (unpaired) electrons. The van der Waals surface area contributed by atoms with Crippen LogP contribution in [0, 0.1) is 13.8 Å². The molecular formula is C20H31N3O3. The van der Waals surface area contributed by atoms with Gasteiger partial charge in [0.25, 0.3) is 0 Å². The van der Waals surface area contributed by atoms with Crippen LogP contribution in [0.25, 0.3) is 0 Å². The molecule has 1 fully saturated rings. The van der Waals surface area contributed by atoms with Crippen LogP contribution in [0.3, 0.4) is 0 Å². The Balaban J connectivity index is 1.75. The second-order valence-corrected chi connectivity index (χ2v) is 6.76. The Morgan fingerprint density at radius 3 is 2.73 bits per heavy atom. The fourth-order valence-corrected chi connectivity index (χ4v) is 3.12. The first-order valence-electron chi connectivity index (χ1n) is 9.47. The number of hydrogen-bond acceptors (Lipinski definition) is 4. The predicted molar refractivity (Wildman–Crippen MR) is 102 cm³/mol. The molecule has 0 unspecified atom stereocenters. The number of nitrogens with one attached hydrogen (secondary N) is 1. The minimum atomic E-state index is 0.0502. The van der Waals surface area contributed by atoms with Crippen molar-refractivity contribution in [3.63, 3.8) is 0 Å². The fraction of sp³-hybridized carbons (Fsp3) is 0.600. The SMILES string of the molecule is CCNC(=O)CN1CCCN(C(=O)CCOc2cccc(C)c2C)CC1. The van der Waals surface area contributed by atoms with Gasteiger partial charge in [-0.05, 0) is 44.4 Å². The number of hydrogen-bond donors (Lipinski definition) is 1. The van der Waals surface area contributed by atoms with Gasteiger partial charge in [0.2, 0.25) is 11.8 Å². The van der Waals surface area contributed by atoms with E-state index < -0.39 is 0 Å². The molecule has 1 aromatic carbocycles. The number of rotatable bonds is 7. The first kappa shape index (κ1) is 20.2. The molecule has 2 amide bonds. The van der Waals surface area contributed by atoms with Gasteiger partial charge in [0.1, 0.15) is 5.75 Å². The van der Waals surface area contributed by atoms with Crippen LogP contribution >= 0.6 is 0 Å². The quantitative estimate of drug-likeness (QED) is 0.804. The lowest BCUT2D eigenvalue weighted by Crippen LogP contribution is -2.40. The maximum Gasteiger partial charge on any atom is 0.234 e. The lowest BCUT2D eigenvalue weighted by Gasteiger charge is -2.22. The normalized spacial score (nSPS) is 15.4. The molecule has 2 rings (SSSR count). The number of benzene rings is 1. The Morgan fingerprint density at radius 1 is 1.15 bits per heavy atom. The van der Waals surface area contributed by atoms with E-state index in [2.05, 4.69) is 23.2 Å². The lowest BCUT2D eigenvalue weighted by molar-refractivity contribution is -0.131. The van der Waals surface area contributed by atoms with E-state index in [9.17, 15) is 9.59 Å². The van der Waals surface area contributed by atoms with Gasteiger partial charge in [-0.15, -0.1) is 0 Å². The molecule has 0 spiro atoms. The van der Waals surface area contributed by atoms with Crippen LogP contribution in [0.15, 0.2) is 18.2 Å². The summed E-state index contributed by atoms with van der Waals surface area (Å²) in [6.07, 6.45) is 1.27. The summed E-state index contributed by atoms with van der Waals surface area (Å²) in [5, 5.41) is 2.82. The van der Waals surface area contributed by atoms with E-state index in [1.807, 2.05) is 30.9 Å². The van der Waals surface area contributed by atoms with Gasteiger partial charge in [0, 0.05) is 32.7 Å². The summed E-state index contributed by atoms with van der Waals surface area (Å²) in [4.78, 5) is 28.2. The molecule has 1 aliphatic heterocycles. The van der Waals surface area contributed by atoms with Gasteiger partial charge in [-0.25, -0.2) is 0 Å². The van der Waals surface area contributed by atoms with E-state index in [4.69, 9.17) is 4.74 Å². The third-order valence-electron chi connectivity index (χ3n) is 4.81. The molecule has 0 aliphatic carbocycles. The third kappa shape index (κ3) is 6.02. The number of aryl methyl sites for hydroxylation is 1. The summed E-state index contributed by atoms with van der Waals surface area (Å²) in [5.74, 6) is 1.02. The highest BCUT2D eigenvalue weighted by molar-refractivity contribution is 5.78. The highest BCUT2D eigenvalue weighted by Crippen LogP contribution is 2.20. The van der Waals surface area contributed by atoms with Gasteiger partial charge >= 0.3 is 0 Å². The molecule has 0 aromatic heterocycles. The van der Waals surface area contributed by atoms with Gasteiger partial charge in [-0.1, -0.05) is 12.1 Å². The van der Waals surface area contributed by atoms with E-state index in [1.54, 1.807) is 0 Å². The largest absolute Gasteiger partial charge is 0.493 e. The zero-order valence-corrected chi connectivity index (χ0v) is 16.2. The minimum Gasteiger partial charge on any atom is -0.493 e. The van der Waals surface area contributed by atoms with Gasteiger partial charge < -0.3 is 15.0 Å². The number of amides is 2. The zero-order chi connectivity index (χ0) is 18.9. The minimum absolute atomic E-state index is 0.0502. The second-order valence-electron chi connectivity index (χ2n) is 6.76. The van der Waals surface area contributed by atoms with Crippen LogP contribution in [0.5, 0.6) is 5.75 Å². The molecule has 1 heterocycles. The average molecular weight is 361 g/mol. The highest BCUT2D eigenvalue weighted by Gasteiger charge is 2.20. The van der Waals surface area contributed by atoms with Gasteiger partial charge in [-0.3, -0.25) is 14.5 Å². The summed E-state index contributed by atoms with van der Waals surface area (Å²) in [6.45, 7) is 10.4. The molecule has 1 aliphatic rings. The van der Waals surface area contributed by atoms with Crippen molar-refractivity contribution in [1.82, 2.24) is 15.1 Å². The van der Waals surface area contributed by atoms with Crippen molar-refractivity contribution < 1.29 is 14.3 Å². The molecule has 0 atom stereocenters. The molecule has 6 nitrogen and oxygen atoms in total. The average Bonchev–Trinajstić information content (AvgIpc) is 2.84. The van der Waals surface area contributed by atoms with Crippen LogP contribution < -0.4 is 10.1 Å². The van der Waals surface area contributed by atoms with Crippen LogP contribution in [0.1, 0.15) is 30.9 Å². The number of nitrogens with zero attached hydrogens (tertiary/aromatic N) is 2. The number of carbonyl (C=O) groups excluding carboxylic acids is 2. The Labute approximate surface area is 156 Å². The highest BCUT2D eigenvalue weighted by atomic mass is 16.5. The molecule has 26 heavy (non-hydrogen) atoms. The summed E-state index contributed by atoms with van der Waals surface area (Å²) in [6, 6.07) is 5.96. The molecule has 1 aromatic rings. The Morgan fingerprint density at radius 2 is 1.96 bits per heavy atom. The number of ether oxygens (including phenoxy) is 1. The first-order chi connectivity index (χ1) is 12.5. The predicted octanol–water partition coefficient (Wildman–Crippen LogP) is 1.74. The van der Waals surface area contributed by atoms with Crippen LogP contribution in [0.4, 0.5) is 0 Å². The van der Waals surface area contributed by atoms with E-state index in [1.165, 1.54) is 5.56 Å². The lowest BCUT2D eigenvalue weighted by atomic mass is 10.1. The Hall–Kier alpha value is -2.08. The van der Waals surface area contributed by atoms with E-state index in [0.717, 1.165) is 37.4 Å². The molecule has 1 saturated heterocycles. The molecule has 6 heteroatoms. The van der Waals surface area contributed by atoms with Crippen molar-refractivity contribution in [2.75, 3.05) is 45.9 Å². The van der Waals surface area contributed by atoms with Crippen molar-refractivity contribution >= 4 is 11.8 Å². The molecule has 144 valence electrons. The molecule has 1 N–H and O–H groups in total. The fourth-order valence-electron chi connectivity index (χ4n) is 3.12. The number of carbonyl (C=O) groups is 2. The Kier molecular flexibility index (Phi) is 7.91. The zero-order valence-electron chi connectivity index (χ0n) is 16.2.